The number of benzene rings is 2. The highest BCUT2D eigenvalue weighted by atomic mass is 35.5. The molecule has 1 amide bonds. The summed E-state index contributed by atoms with van der Waals surface area (Å²) < 4.78 is 20.0. The maximum Gasteiger partial charge on any atom is 0.318 e. The second-order valence-electron chi connectivity index (χ2n) is 12.2. The minimum absolute atomic E-state index is 0.171. The quantitative estimate of drug-likeness (QED) is 0.295. The number of amides is 1. The first-order chi connectivity index (χ1) is 20.6. The van der Waals surface area contributed by atoms with Crippen molar-refractivity contribution >= 4 is 39.8 Å². The summed E-state index contributed by atoms with van der Waals surface area (Å²) in [6.07, 6.45) is 4.09. The van der Waals surface area contributed by atoms with Crippen LogP contribution in [0.4, 0.5) is 15.9 Å². The van der Waals surface area contributed by atoms with Crippen molar-refractivity contribution < 1.29 is 13.9 Å². The topological polar surface area (TPSA) is 65.0 Å². The molecule has 1 aromatic heterocycles. The largest absolute Gasteiger partial charge is 0.463 e. The summed E-state index contributed by atoms with van der Waals surface area (Å²) >= 11 is 6.69. The van der Waals surface area contributed by atoms with Crippen LogP contribution in [0.2, 0.25) is 5.02 Å². The number of carbonyl (C=O) groups excluding carboxylic acids is 1. The Labute approximate surface area is 257 Å². The maximum atomic E-state index is 13.6. The molecule has 0 spiro atoms. The molecule has 0 unspecified atom stereocenters. The van der Waals surface area contributed by atoms with Crippen molar-refractivity contribution in [1.29, 1.82) is 0 Å². The van der Waals surface area contributed by atoms with Crippen molar-refractivity contribution in [3.63, 3.8) is 0 Å². The van der Waals surface area contributed by atoms with Crippen LogP contribution in [-0.2, 0) is 17.8 Å². The van der Waals surface area contributed by atoms with Gasteiger partial charge in [-0.25, -0.2) is 4.39 Å². The Bertz CT molecular complexity index is 1580. The van der Waals surface area contributed by atoms with Crippen LogP contribution < -0.4 is 14.5 Å². The van der Waals surface area contributed by atoms with Gasteiger partial charge in [-0.3, -0.25) is 4.79 Å². The van der Waals surface area contributed by atoms with E-state index >= 15 is 0 Å². The average Bonchev–Trinajstić information content (AvgIpc) is 3.78. The number of hydrogen-bond acceptors (Lipinski definition) is 7. The van der Waals surface area contributed by atoms with Gasteiger partial charge in [0, 0.05) is 47.4 Å². The van der Waals surface area contributed by atoms with Gasteiger partial charge in [0.05, 0.1) is 30.4 Å². The summed E-state index contributed by atoms with van der Waals surface area (Å²) in [5.74, 6) is -0.932. The Morgan fingerprint density at radius 3 is 2.56 bits per heavy atom. The normalized spacial score (nSPS) is 17.8. The number of piperazine rings is 1. The second-order valence-corrected chi connectivity index (χ2v) is 12.6. The van der Waals surface area contributed by atoms with Gasteiger partial charge < -0.3 is 24.3 Å². The van der Waals surface area contributed by atoms with Crippen LogP contribution in [0.5, 0.6) is 6.01 Å². The highest BCUT2D eigenvalue weighted by molar-refractivity contribution is 6.36. The van der Waals surface area contributed by atoms with Crippen molar-refractivity contribution in [3.05, 3.63) is 77.4 Å². The Morgan fingerprint density at radius 1 is 1.09 bits per heavy atom. The van der Waals surface area contributed by atoms with E-state index in [0.29, 0.717) is 44.5 Å². The van der Waals surface area contributed by atoms with Crippen LogP contribution in [0.15, 0.2) is 61.1 Å². The van der Waals surface area contributed by atoms with E-state index in [4.69, 9.17) is 26.3 Å². The molecule has 2 aromatic carbocycles. The van der Waals surface area contributed by atoms with E-state index in [9.17, 15) is 9.18 Å². The minimum Gasteiger partial charge on any atom is -0.463 e. The molecule has 3 aliphatic rings. The van der Waals surface area contributed by atoms with Crippen LogP contribution >= 0.6 is 11.6 Å². The van der Waals surface area contributed by atoms with E-state index in [1.807, 2.05) is 12.1 Å². The van der Waals surface area contributed by atoms with Gasteiger partial charge in [-0.2, -0.15) is 9.97 Å². The lowest BCUT2D eigenvalue weighted by Gasteiger charge is -2.39. The molecule has 0 N–H and O–H groups in total. The van der Waals surface area contributed by atoms with Crippen molar-refractivity contribution in [3.8, 4) is 6.01 Å². The third-order valence-corrected chi connectivity index (χ3v) is 9.19. The molecule has 3 aromatic rings. The SMILES string of the molecule is C=C(F)C(=O)N1CCN(c2nc(OCC3(CCN(C)C)CC3)nc3c2CCN(c2cccc4cccc(Cl)c24)C3)CC1=C. The molecule has 1 aliphatic carbocycles. The Balaban J connectivity index is 1.31. The number of carbonyl (C=O) groups is 1. The first-order valence-electron chi connectivity index (χ1n) is 14.8. The van der Waals surface area contributed by atoms with E-state index in [2.05, 4.69) is 66.2 Å². The molecule has 0 bridgehead atoms. The summed E-state index contributed by atoms with van der Waals surface area (Å²) in [4.78, 5) is 30.2. The lowest BCUT2D eigenvalue weighted by molar-refractivity contribution is -0.127. The van der Waals surface area contributed by atoms with Gasteiger partial charge >= 0.3 is 6.01 Å². The molecule has 0 atom stereocenters. The first kappa shape index (κ1) is 29.4. The molecule has 43 heavy (non-hydrogen) atoms. The van der Waals surface area contributed by atoms with E-state index in [1.54, 1.807) is 0 Å². The summed E-state index contributed by atoms with van der Waals surface area (Å²) in [6, 6.07) is 12.6. The number of nitrogens with zero attached hydrogens (tertiary/aromatic N) is 6. The Hall–Kier alpha value is -3.69. The number of fused-ring (bicyclic) bond motifs is 2. The Morgan fingerprint density at radius 2 is 1.86 bits per heavy atom. The van der Waals surface area contributed by atoms with Gasteiger partial charge in [-0.05, 0) is 63.8 Å². The molecule has 2 aliphatic heterocycles. The molecular weight excluding hydrogens is 567 g/mol. The number of aromatic nitrogens is 2. The summed E-state index contributed by atoms with van der Waals surface area (Å²) in [5.41, 5.74) is 3.72. The number of hydrogen-bond donors (Lipinski definition) is 0. The van der Waals surface area contributed by atoms with Crippen LogP contribution in [-0.4, -0.2) is 79.1 Å². The van der Waals surface area contributed by atoms with Crippen LogP contribution in [0.25, 0.3) is 10.8 Å². The predicted octanol–water partition coefficient (Wildman–Crippen LogP) is 5.60. The third kappa shape index (κ3) is 6.06. The molecular formula is C33H38ClFN6O2. The van der Waals surface area contributed by atoms with Crippen molar-refractivity contribution in [2.24, 2.45) is 5.41 Å². The van der Waals surface area contributed by atoms with Gasteiger partial charge in [0.1, 0.15) is 5.82 Å². The van der Waals surface area contributed by atoms with Gasteiger partial charge in [0.2, 0.25) is 0 Å². The highest BCUT2D eigenvalue weighted by Gasteiger charge is 2.43. The molecule has 1 saturated heterocycles. The van der Waals surface area contributed by atoms with Gasteiger partial charge in [0.15, 0.2) is 5.83 Å². The Kier molecular flexibility index (Phi) is 8.04. The highest BCUT2D eigenvalue weighted by Crippen LogP contribution is 2.49. The van der Waals surface area contributed by atoms with Crippen LogP contribution in [0, 0.1) is 5.41 Å². The molecule has 2 fully saturated rings. The maximum absolute atomic E-state index is 13.6. The fourth-order valence-corrected chi connectivity index (χ4v) is 6.40. The van der Waals surface area contributed by atoms with E-state index in [1.165, 1.54) is 4.90 Å². The molecule has 6 rings (SSSR count). The zero-order valence-electron chi connectivity index (χ0n) is 24.9. The lowest BCUT2D eigenvalue weighted by Crippen LogP contribution is -2.48. The zero-order chi connectivity index (χ0) is 30.3. The smallest absolute Gasteiger partial charge is 0.318 e. The van der Waals surface area contributed by atoms with Gasteiger partial charge in [0.25, 0.3) is 5.91 Å². The minimum atomic E-state index is -0.985. The van der Waals surface area contributed by atoms with Gasteiger partial charge in [-0.1, -0.05) is 49.0 Å². The molecule has 3 heterocycles. The van der Waals surface area contributed by atoms with E-state index < -0.39 is 11.7 Å². The van der Waals surface area contributed by atoms with Crippen LogP contribution in [0.1, 0.15) is 30.5 Å². The second kappa shape index (κ2) is 11.8. The summed E-state index contributed by atoms with van der Waals surface area (Å²) in [6.45, 7) is 11.3. The van der Waals surface area contributed by atoms with Gasteiger partial charge in [-0.15, -0.1) is 0 Å². The van der Waals surface area contributed by atoms with Crippen molar-refractivity contribution in [1.82, 2.24) is 19.8 Å². The fraction of sp³-hybridized carbons (Fsp3) is 0.424. The number of anilines is 2. The van der Waals surface area contributed by atoms with E-state index in [-0.39, 0.29) is 5.41 Å². The van der Waals surface area contributed by atoms with Crippen LogP contribution in [0.3, 0.4) is 0 Å². The summed E-state index contributed by atoms with van der Waals surface area (Å²) in [5, 5.41) is 2.85. The number of rotatable bonds is 9. The molecule has 226 valence electrons. The zero-order valence-corrected chi connectivity index (χ0v) is 25.7. The fourth-order valence-electron chi connectivity index (χ4n) is 6.12. The number of halogens is 2. The molecule has 10 heteroatoms. The molecule has 8 nitrogen and oxygen atoms in total. The first-order valence-corrected chi connectivity index (χ1v) is 15.2. The van der Waals surface area contributed by atoms with Crippen molar-refractivity contribution in [2.45, 2.75) is 32.2 Å². The average molecular weight is 605 g/mol. The monoisotopic (exact) mass is 604 g/mol. The summed E-state index contributed by atoms with van der Waals surface area (Å²) in [7, 11) is 4.19. The predicted molar refractivity (Wildman–Crippen MR) is 169 cm³/mol. The van der Waals surface area contributed by atoms with E-state index in [0.717, 1.165) is 77.3 Å². The molecule has 1 saturated carbocycles. The van der Waals surface area contributed by atoms with Crippen molar-refractivity contribution in [2.75, 3.05) is 63.2 Å². The lowest BCUT2D eigenvalue weighted by atomic mass is 10.0. The third-order valence-electron chi connectivity index (χ3n) is 8.87. The standard InChI is InChI=1S/C33H38ClFN6O2/c1-22-19-40(17-18-41(22)31(42)23(2)35)30-25-11-15-39(28-10-6-8-24-7-5-9-26(34)29(24)28)20-27(25)36-32(37-30)43-21-33(12-13-33)14-16-38(3)4/h5-10H,1-2,11-21H2,3-4H3. The number of ether oxygens (including phenoxy) is 1. The molecule has 0 radical (unpaired) electrons.